The number of carbonyl (C=O) groups excluding carboxylic acids is 1. The minimum Gasteiger partial charge on any atom is -0.355 e. The summed E-state index contributed by atoms with van der Waals surface area (Å²) in [5, 5.41) is 3.00. The maximum absolute atomic E-state index is 11.8. The van der Waals surface area contributed by atoms with Gasteiger partial charge in [0.05, 0.1) is 6.42 Å². The predicted octanol–water partition coefficient (Wildman–Crippen LogP) is 3.39. The van der Waals surface area contributed by atoms with Crippen LogP contribution in [0.15, 0.2) is 30.3 Å². The maximum Gasteiger partial charge on any atom is 0.224 e. The number of amides is 1. The van der Waals surface area contributed by atoms with Crippen molar-refractivity contribution >= 4 is 17.5 Å². The standard InChI is InChI=1S/C15H22ClNO/c1-15(2,9-6-10-16)12-17-14(18)11-13-7-4-3-5-8-13/h3-5,7-8H,6,9-12H2,1-2H3,(H,17,18). The second-order valence-corrected chi connectivity index (χ2v) is 5.77. The Bertz CT molecular complexity index is 362. The van der Waals surface area contributed by atoms with Crippen LogP contribution in [0.25, 0.3) is 0 Å². The third-order valence-corrected chi connectivity index (χ3v) is 3.23. The molecule has 0 saturated carbocycles. The lowest BCUT2D eigenvalue weighted by Crippen LogP contribution is -2.34. The van der Waals surface area contributed by atoms with Crippen molar-refractivity contribution in [2.75, 3.05) is 12.4 Å². The van der Waals surface area contributed by atoms with E-state index >= 15 is 0 Å². The van der Waals surface area contributed by atoms with Gasteiger partial charge in [0.15, 0.2) is 0 Å². The molecule has 0 heterocycles. The molecule has 1 amide bonds. The largest absolute Gasteiger partial charge is 0.355 e. The van der Waals surface area contributed by atoms with E-state index in [0.29, 0.717) is 18.8 Å². The van der Waals surface area contributed by atoms with Gasteiger partial charge in [-0.3, -0.25) is 4.79 Å². The van der Waals surface area contributed by atoms with Crippen LogP contribution in [0, 0.1) is 5.41 Å². The lowest BCUT2D eigenvalue weighted by atomic mass is 9.88. The molecule has 1 rings (SSSR count). The fourth-order valence-corrected chi connectivity index (χ4v) is 1.95. The Labute approximate surface area is 115 Å². The zero-order chi connectivity index (χ0) is 13.4. The van der Waals surface area contributed by atoms with E-state index < -0.39 is 0 Å². The van der Waals surface area contributed by atoms with Crippen molar-refractivity contribution in [1.29, 1.82) is 0 Å². The third kappa shape index (κ3) is 6.06. The molecule has 100 valence electrons. The van der Waals surface area contributed by atoms with Crippen molar-refractivity contribution in [3.05, 3.63) is 35.9 Å². The van der Waals surface area contributed by atoms with Crippen molar-refractivity contribution in [3.63, 3.8) is 0 Å². The third-order valence-electron chi connectivity index (χ3n) is 2.96. The summed E-state index contributed by atoms with van der Waals surface area (Å²) in [6.07, 6.45) is 2.47. The molecule has 0 aliphatic carbocycles. The number of nitrogens with one attached hydrogen (secondary N) is 1. The first-order valence-electron chi connectivity index (χ1n) is 6.40. The molecule has 0 atom stereocenters. The van der Waals surface area contributed by atoms with E-state index in [2.05, 4.69) is 19.2 Å². The highest BCUT2D eigenvalue weighted by atomic mass is 35.5. The van der Waals surface area contributed by atoms with Crippen LogP contribution in [0.4, 0.5) is 0 Å². The van der Waals surface area contributed by atoms with Crippen molar-refractivity contribution < 1.29 is 4.79 Å². The molecule has 0 spiro atoms. The highest BCUT2D eigenvalue weighted by Gasteiger charge is 2.18. The zero-order valence-corrected chi connectivity index (χ0v) is 12.0. The molecular formula is C15H22ClNO. The SMILES string of the molecule is CC(C)(CCCCl)CNC(=O)Cc1ccccc1. The van der Waals surface area contributed by atoms with Crippen molar-refractivity contribution in [2.45, 2.75) is 33.1 Å². The van der Waals surface area contributed by atoms with Crippen LogP contribution in [0.5, 0.6) is 0 Å². The summed E-state index contributed by atoms with van der Waals surface area (Å²) in [7, 11) is 0. The van der Waals surface area contributed by atoms with Gasteiger partial charge in [0, 0.05) is 12.4 Å². The first-order valence-corrected chi connectivity index (χ1v) is 6.93. The second-order valence-electron chi connectivity index (χ2n) is 5.40. The number of hydrogen-bond donors (Lipinski definition) is 1. The van der Waals surface area contributed by atoms with Gasteiger partial charge in [-0.25, -0.2) is 0 Å². The Kier molecular flexibility index (Phi) is 6.20. The number of carbonyl (C=O) groups is 1. The monoisotopic (exact) mass is 267 g/mol. The van der Waals surface area contributed by atoms with Crippen molar-refractivity contribution in [2.24, 2.45) is 5.41 Å². The molecule has 0 aliphatic rings. The van der Waals surface area contributed by atoms with Crippen LogP contribution in [0.2, 0.25) is 0 Å². The van der Waals surface area contributed by atoms with Crippen molar-refractivity contribution in [1.82, 2.24) is 5.32 Å². The van der Waals surface area contributed by atoms with Gasteiger partial charge in [0.1, 0.15) is 0 Å². The molecule has 1 aromatic rings. The molecule has 18 heavy (non-hydrogen) atoms. The van der Waals surface area contributed by atoms with Gasteiger partial charge in [-0.1, -0.05) is 44.2 Å². The number of halogens is 1. The molecule has 1 aromatic carbocycles. The van der Waals surface area contributed by atoms with E-state index in [4.69, 9.17) is 11.6 Å². The summed E-state index contributed by atoms with van der Waals surface area (Å²) in [5.41, 5.74) is 1.16. The first-order chi connectivity index (χ1) is 8.53. The van der Waals surface area contributed by atoms with Gasteiger partial charge >= 0.3 is 0 Å². The molecule has 0 fully saturated rings. The number of rotatable bonds is 7. The van der Waals surface area contributed by atoms with Gasteiger partial charge in [0.25, 0.3) is 0 Å². The average molecular weight is 268 g/mol. The van der Waals surface area contributed by atoms with E-state index in [0.717, 1.165) is 18.4 Å². The first kappa shape index (κ1) is 15.0. The molecule has 0 unspecified atom stereocenters. The van der Waals surface area contributed by atoms with Crippen LogP contribution in [0.1, 0.15) is 32.3 Å². The van der Waals surface area contributed by atoms with Crippen LogP contribution in [-0.2, 0) is 11.2 Å². The zero-order valence-electron chi connectivity index (χ0n) is 11.2. The Morgan fingerprint density at radius 1 is 1.28 bits per heavy atom. The smallest absolute Gasteiger partial charge is 0.224 e. The second kappa shape index (κ2) is 7.42. The summed E-state index contributed by atoms with van der Waals surface area (Å²) < 4.78 is 0. The normalized spacial score (nSPS) is 11.3. The Balaban J connectivity index is 2.33. The fraction of sp³-hybridized carbons (Fsp3) is 0.533. The number of benzene rings is 1. The van der Waals surface area contributed by atoms with Gasteiger partial charge in [-0.2, -0.15) is 0 Å². The Hall–Kier alpha value is -1.02. The number of alkyl halides is 1. The maximum atomic E-state index is 11.8. The molecule has 0 radical (unpaired) electrons. The highest BCUT2D eigenvalue weighted by molar-refractivity contribution is 6.17. The predicted molar refractivity (Wildman–Crippen MR) is 76.9 cm³/mol. The van der Waals surface area contributed by atoms with E-state index in [1.165, 1.54) is 0 Å². The molecule has 0 aromatic heterocycles. The van der Waals surface area contributed by atoms with Gasteiger partial charge in [-0.05, 0) is 23.8 Å². The quantitative estimate of drug-likeness (QED) is 0.754. The Morgan fingerprint density at radius 2 is 1.94 bits per heavy atom. The summed E-state index contributed by atoms with van der Waals surface area (Å²) >= 11 is 5.69. The fourth-order valence-electron chi connectivity index (χ4n) is 1.82. The Morgan fingerprint density at radius 3 is 2.56 bits per heavy atom. The molecule has 3 heteroatoms. The van der Waals surface area contributed by atoms with Gasteiger partial charge in [-0.15, -0.1) is 11.6 Å². The van der Waals surface area contributed by atoms with Crippen LogP contribution < -0.4 is 5.32 Å². The molecule has 0 saturated heterocycles. The van der Waals surface area contributed by atoms with E-state index in [1.54, 1.807) is 0 Å². The topological polar surface area (TPSA) is 29.1 Å². The molecule has 0 aliphatic heterocycles. The summed E-state index contributed by atoms with van der Waals surface area (Å²) in [6.45, 7) is 5.01. The summed E-state index contributed by atoms with van der Waals surface area (Å²) in [6, 6.07) is 9.80. The molecule has 1 N–H and O–H groups in total. The molecule has 0 bridgehead atoms. The molecule has 2 nitrogen and oxygen atoms in total. The van der Waals surface area contributed by atoms with Crippen LogP contribution in [-0.4, -0.2) is 18.3 Å². The minimum atomic E-state index is 0.0835. The average Bonchev–Trinajstić information content (AvgIpc) is 2.36. The van der Waals surface area contributed by atoms with Crippen LogP contribution >= 0.6 is 11.6 Å². The van der Waals surface area contributed by atoms with Crippen molar-refractivity contribution in [3.8, 4) is 0 Å². The van der Waals surface area contributed by atoms with Crippen LogP contribution in [0.3, 0.4) is 0 Å². The van der Waals surface area contributed by atoms with Gasteiger partial charge < -0.3 is 5.32 Å². The van der Waals surface area contributed by atoms with E-state index in [-0.39, 0.29) is 11.3 Å². The minimum absolute atomic E-state index is 0.0835. The van der Waals surface area contributed by atoms with E-state index in [1.807, 2.05) is 30.3 Å². The lowest BCUT2D eigenvalue weighted by Gasteiger charge is -2.24. The van der Waals surface area contributed by atoms with E-state index in [9.17, 15) is 4.79 Å². The van der Waals surface area contributed by atoms with Gasteiger partial charge in [0.2, 0.25) is 5.91 Å². The summed E-state index contributed by atoms with van der Waals surface area (Å²) in [4.78, 5) is 11.8. The lowest BCUT2D eigenvalue weighted by molar-refractivity contribution is -0.120. The highest BCUT2D eigenvalue weighted by Crippen LogP contribution is 2.21. The number of hydrogen-bond acceptors (Lipinski definition) is 1. The molecular weight excluding hydrogens is 246 g/mol. The summed E-state index contributed by atoms with van der Waals surface area (Å²) in [5.74, 6) is 0.765.